The third-order valence-corrected chi connectivity index (χ3v) is 13.9. The van der Waals surface area contributed by atoms with Crippen LogP contribution >= 0.6 is 22.7 Å². The molecule has 6 aromatic rings. The highest BCUT2D eigenvalue weighted by molar-refractivity contribution is 7.95. The predicted octanol–water partition coefficient (Wildman–Crippen LogP) is 2.46. The lowest BCUT2D eigenvalue weighted by Crippen LogP contribution is -2.35. The van der Waals surface area contributed by atoms with Crippen LogP contribution in [0.3, 0.4) is 0 Å². The molecular formula is C31H34N6O14S4. The van der Waals surface area contributed by atoms with Gasteiger partial charge in [0.15, 0.2) is 43.1 Å². The van der Waals surface area contributed by atoms with E-state index in [-0.39, 0.29) is 55.2 Å². The number of nitrogens with zero attached hydrogens (tertiary/aromatic N) is 4. The summed E-state index contributed by atoms with van der Waals surface area (Å²) in [4.78, 5) is 44.4. The Morgan fingerprint density at radius 2 is 1.20 bits per heavy atom. The molecule has 0 spiro atoms. The molecule has 0 amide bonds. The van der Waals surface area contributed by atoms with E-state index in [1.807, 2.05) is 0 Å². The van der Waals surface area contributed by atoms with E-state index in [0.717, 1.165) is 31.3 Å². The van der Waals surface area contributed by atoms with Crippen LogP contribution in [0.15, 0.2) is 59.5 Å². The van der Waals surface area contributed by atoms with Crippen molar-refractivity contribution in [3.63, 3.8) is 0 Å². The molecule has 0 saturated heterocycles. The predicted molar refractivity (Wildman–Crippen MR) is 203 cm³/mol. The van der Waals surface area contributed by atoms with Crippen LogP contribution in [0.4, 0.5) is 28.7 Å². The number of aromatic nitrogens is 2. The number of nitrogens with one attached hydrogen (secondary N) is 1. The van der Waals surface area contributed by atoms with Gasteiger partial charge < -0.3 is 39.8 Å². The number of nitrogen functional groups attached to an aromatic ring is 1. The fraction of sp³-hybridized carbons (Fsp3) is 0.290. The van der Waals surface area contributed by atoms with Gasteiger partial charge in [0.25, 0.3) is 36.3 Å². The summed E-state index contributed by atoms with van der Waals surface area (Å²) >= 11 is 1.60. The molecule has 0 aliphatic carbocycles. The zero-order valence-corrected chi connectivity index (χ0v) is 33.3. The highest BCUT2D eigenvalue weighted by Crippen LogP contribution is 2.42. The van der Waals surface area contributed by atoms with Crippen LogP contribution in [-0.4, -0.2) is 64.7 Å². The normalized spacial score (nSPS) is 11.4. The smallest absolute Gasteiger partial charge is 0.278 e. The third kappa shape index (κ3) is 8.20. The number of hydrogen-bond acceptors (Lipinski definition) is 20. The van der Waals surface area contributed by atoms with Gasteiger partial charge in [-0.05, 0) is 34.6 Å². The largest absolute Gasteiger partial charge is 0.504 e. The van der Waals surface area contributed by atoms with E-state index >= 15 is 0 Å². The number of nitrogens with two attached hydrogens (primary N) is 1. The first-order valence-electron chi connectivity index (χ1n) is 15.6. The van der Waals surface area contributed by atoms with Gasteiger partial charge in [0.05, 0.1) is 24.6 Å². The number of thiophene rings is 2. The van der Waals surface area contributed by atoms with Crippen molar-refractivity contribution < 1.29 is 45.6 Å². The van der Waals surface area contributed by atoms with Crippen molar-refractivity contribution in [2.45, 2.75) is 43.0 Å². The summed E-state index contributed by atoms with van der Waals surface area (Å²) < 4.78 is 70.8. The molecule has 0 radical (unpaired) electrons. The molecule has 0 unspecified atom stereocenters. The SMILES string of the molecule is CCOc1c(C)c(=O)c1=O.CCOc1c(Nc2csc(S(=O)(=O)N(C)c3cc(C)on3)c2O)c(=O)c1=O.Cc1cc(N(C)S(=O)(=O)c2scc(N)c2O)no1. The monoisotopic (exact) mass is 842 g/mol. The van der Waals surface area contributed by atoms with E-state index in [1.54, 1.807) is 34.6 Å². The number of aryl methyl sites for hydroxylation is 2. The Bertz CT molecular complexity index is 2690. The average Bonchev–Trinajstić information content (AvgIpc) is 3.96. The van der Waals surface area contributed by atoms with E-state index in [1.165, 1.54) is 37.0 Å². The highest BCUT2D eigenvalue weighted by Gasteiger charge is 2.32. The third-order valence-electron chi connectivity index (χ3n) is 7.36. The molecule has 4 aromatic heterocycles. The van der Waals surface area contributed by atoms with Crippen molar-refractivity contribution in [1.29, 1.82) is 0 Å². The lowest BCUT2D eigenvalue weighted by Gasteiger charge is -2.15. The van der Waals surface area contributed by atoms with Gasteiger partial charge in [-0.2, -0.15) is 16.8 Å². The van der Waals surface area contributed by atoms with Crippen molar-refractivity contribution in [1.82, 2.24) is 10.3 Å². The number of anilines is 5. The van der Waals surface area contributed by atoms with Gasteiger partial charge in [0.1, 0.15) is 17.2 Å². The topological polar surface area (TPSA) is 292 Å². The summed E-state index contributed by atoms with van der Waals surface area (Å²) in [7, 11) is -5.42. The molecule has 20 nitrogen and oxygen atoms in total. The van der Waals surface area contributed by atoms with Gasteiger partial charge in [-0.1, -0.05) is 10.3 Å². The molecule has 0 atom stereocenters. The molecule has 0 fully saturated rings. The highest BCUT2D eigenvalue weighted by atomic mass is 32.3. The van der Waals surface area contributed by atoms with Crippen molar-refractivity contribution in [2.24, 2.45) is 0 Å². The fourth-order valence-electron chi connectivity index (χ4n) is 4.34. The van der Waals surface area contributed by atoms with Crippen LogP contribution in [0.2, 0.25) is 0 Å². The summed E-state index contributed by atoms with van der Waals surface area (Å²) in [5.41, 5.74) is 3.27. The molecule has 0 saturated carbocycles. The van der Waals surface area contributed by atoms with E-state index in [0.29, 0.717) is 23.7 Å². The molecule has 55 heavy (non-hydrogen) atoms. The minimum absolute atomic E-state index is 0.0308. The molecule has 0 aliphatic heterocycles. The number of hydrogen-bond donors (Lipinski definition) is 4. The number of ether oxygens (including phenoxy) is 2. The van der Waals surface area contributed by atoms with Crippen molar-refractivity contribution in [2.75, 3.05) is 47.0 Å². The second-order valence-electron chi connectivity index (χ2n) is 11.1. The van der Waals surface area contributed by atoms with Crippen molar-refractivity contribution in [3.8, 4) is 23.0 Å². The standard InChI is InChI=1S/C15H15N3O7S2.C9H11N3O4S2.C7H8O3/c1-4-24-14-10(12(20)13(14)21)16-8-6-26-15(11(8)19)27(22,23)18(3)9-5-7(2)25-17-9;1-5-3-7(11-16-5)12(2)18(14,15)9-8(13)6(10)4-17-9;1-3-10-7-4(2)5(8)6(7)9/h5-6,16,19H,4H2,1-3H3;3-4,13H,10H2,1-2H3;3H2,1-2H3. The summed E-state index contributed by atoms with van der Waals surface area (Å²) in [6.07, 6.45) is 0. The van der Waals surface area contributed by atoms with Gasteiger partial charge >= 0.3 is 0 Å². The molecule has 5 N–H and O–H groups in total. The molecule has 4 heterocycles. The molecule has 0 bridgehead atoms. The summed E-state index contributed by atoms with van der Waals surface area (Å²) in [5.74, 6) is 0.181. The maximum Gasteiger partial charge on any atom is 0.278 e. The molecule has 24 heteroatoms. The first kappa shape index (κ1) is 42.0. The Morgan fingerprint density at radius 3 is 1.62 bits per heavy atom. The first-order chi connectivity index (χ1) is 25.7. The van der Waals surface area contributed by atoms with Gasteiger partial charge in [-0.3, -0.25) is 19.2 Å². The summed E-state index contributed by atoms with van der Waals surface area (Å²) in [6, 6.07) is 2.91. The zero-order chi connectivity index (χ0) is 41.2. The Morgan fingerprint density at radius 1 is 0.745 bits per heavy atom. The minimum atomic E-state index is -4.12. The molecule has 296 valence electrons. The van der Waals surface area contributed by atoms with E-state index in [9.17, 15) is 46.2 Å². The van der Waals surface area contributed by atoms with Crippen LogP contribution in [0.1, 0.15) is 30.9 Å². The minimum Gasteiger partial charge on any atom is -0.504 e. The maximum atomic E-state index is 12.7. The lowest BCUT2D eigenvalue weighted by atomic mass is 10.1. The number of rotatable bonds is 12. The van der Waals surface area contributed by atoms with Crippen molar-refractivity contribution >= 4 is 71.4 Å². The summed E-state index contributed by atoms with van der Waals surface area (Å²) in [6.45, 7) is 8.89. The Kier molecular flexibility index (Phi) is 12.5. The number of aromatic hydroxyl groups is 2. The summed E-state index contributed by atoms with van der Waals surface area (Å²) in [5, 5.41) is 32.4. The van der Waals surface area contributed by atoms with E-state index < -0.39 is 53.3 Å². The fourth-order valence-corrected chi connectivity index (χ4v) is 9.34. The van der Waals surface area contributed by atoms with E-state index in [2.05, 4.69) is 15.6 Å². The Labute approximate surface area is 320 Å². The molecule has 6 rings (SSSR count). The Balaban J connectivity index is 0.000000205. The van der Waals surface area contributed by atoms with Gasteiger partial charge in [0.2, 0.25) is 5.43 Å². The zero-order valence-electron chi connectivity index (χ0n) is 30.0. The first-order valence-corrected chi connectivity index (χ1v) is 20.2. The maximum absolute atomic E-state index is 12.7. The Hall–Kier alpha value is -5.72. The van der Waals surface area contributed by atoms with Crippen LogP contribution < -0.4 is 50.8 Å². The van der Waals surface area contributed by atoms with Crippen LogP contribution in [0.25, 0.3) is 0 Å². The van der Waals surface area contributed by atoms with Crippen LogP contribution in [0.5, 0.6) is 23.0 Å². The quantitative estimate of drug-likeness (QED) is 0.129. The number of sulfonamides is 2. The van der Waals surface area contributed by atoms with Gasteiger partial charge in [-0.15, -0.1) is 22.7 Å². The van der Waals surface area contributed by atoms with Gasteiger partial charge in [-0.25, -0.2) is 8.61 Å². The molecular weight excluding hydrogens is 809 g/mol. The second kappa shape index (κ2) is 16.3. The van der Waals surface area contributed by atoms with Crippen molar-refractivity contribution in [3.05, 3.63) is 80.9 Å². The van der Waals surface area contributed by atoms with Crippen LogP contribution in [0, 0.1) is 20.8 Å². The lowest BCUT2D eigenvalue weighted by molar-refractivity contribution is 0.330. The van der Waals surface area contributed by atoms with E-state index in [4.69, 9.17) is 24.3 Å². The van der Waals surface area contributed by atoms with Crippen LogP contribution in [-0.2, 0) is 20.0 Å². The average molecular weight is 843 g/mol. The molecule has 0 aliphatic rings. The van der Waals surface area contributed by atoms with Gasteiger partial charge in [0, 0.05) is 42.6 Å². The second-order valence-corrected chi connectivity index (χ2v) is 17.2. The molecule has 2 aromatic carbocycles.